The summed E-state index contributed by atoms with van der Waals surface area (Å²) in [7, 11) is 0. The Morgan fingerprint density at radius 2 is 2.35 bits per heavy atom. The fourth-order valence-electron chi connectivity index (χ4n) is 1.75. The third kappa shape index (κ3) is 2.81. The number of rotatable bonds is 4. The summed E-state index contributed by atoms with van der Waals surface area (Å²) in [6.45, 7) is 3.76. The van der Waals surface area contributed by atoms with Gasteiger partial charge >= 0.3 is 5.97 Å². The lowest BCUT2D eigenvalue weighted by molar-refractivity contribution is -0.141. The highest BCUT2D eigenvalue weighted by Gasteiger charge is 2.06. The molecule has 2 heterocycles. The molecule has 2 aromatic rings. The van der Waals surface area contributed by atoms with Crippen LogP contribution in [0, 0.1) is 6.92 Å². The van der Waals surface area contributed by atoms with Gasteiger partial charge in [-0.3, -0.25) is 9.78 Å². The molecule has 0 aliphatic carbocycles. The molecule has 0 spiro atoms. The van der Waals surface area contributed by atoms with E-state index in [4.69, 9.17) is 4.74 Å². The Morgan fingerprint density at radius 1 is 1.53 bits per heavy atom. The largest absolute Gasteiger partial charge is 0.466 e. The molecule has 2 aromatic heterocycles. The predicted octanol–water partition coefficient (Wildman–Crippen LogP) is 1.76. The second-order valence-electron chi connectivity index (χ2n) is 3.92. The van der Waals surface area contributed by atoms with E-state index in [1.165, 1.54) is 6.92 Å². The molecular formula is C12H15N3O2. The van der Waals surface area contributed by atoms with Crippen molar-refractivity contribution in [3.05, 3.63) is 23.8 Å². The van der Waals surface area contributed by atoms with Gasteiger partial charge in [-0.05, 0) is 25.8 Å². The summed E-state index contributed by atoms with van der Waals surface area (Å²) < 4.78 is 4.89. The van der Waals surface area contributed by atoms with Crippen LogP contribution in [-0.2, 0) is 16.0 Å². The maximum absolute atomic E-state index is 10.6. The number of aromatic nitrogens is 3. The topological polar surface area (TPSA) is 67.9 Å². The maximum Gasteiger partial charge on any atom is 0.302 e. The van der Waals surface area contributed by atoms with E-state index in [0.29, 0.717) is 6.61 Å². The van der Waals surface area contributed by atoms with Gasteiger partial charge in [-0.1, -0.05) is 0 Å². The zero-order valence-corrected chi connectivity index (χ0v) is 9.99. The lowest BCUT2D eigenvalue weighted by Crippen LogP contribution is -2.02. The van der Waals surface area contributed by atoms with Gasteiger partial charge in [-0.25, -0.2) is 4.98 Å². The molecule has 0 aliphatic rings. The third-order valence-corrected chi connectivity index (χ3v) is 2.46. The summed E-state index contributed by atoms with van der Waals surface area (Å²) in [5.41, 5.74) is 2.85. The van der Waals surface area contributed by atoms with E-state index in [1.54, 1.807) is 6.20 Å². The zero-order valence-electron chi connectivity index (χ0n) is 9.99. The highest BCUT2D eigenvalue weighted by atomic mass is 16.5. The first-order valence-corrected chi connectivity index (χ1v) is 5.60. The van der Waals surface area contributed by atoms with Gasteiger partial charge in [0, 0.05) is 13.1 Å². The van der Waals surface area contributed by atoms with Gasteiger partial charge < -0.3 is 9.72 Å². The number of carbonyl (C=O) groups excluding carboxylic acids is 1. The molecule has 1 N–H and O–H groups in total. The van der Waals surface area contributed by atoms with Crippen LogP contribution in [-0.4, -0.2) is 27.5 Å². The van der Waals surface area contributed by atoms with Crippen LogP contribution >= 0.6 is 0 Å². The lowest BCUT2D eigenvalue weighted by atomic mass is 10.2. The summed E-state index contributed by atoms with van der Waals surface area (Å²) in [6.07, 6.45) is 3.29. The highest BCUT2D eigenvalue weighted by Crippen LogP contribution is 2.15. The standard InChI is InChI=1S/C12H15N3O2/c1-8-14-11-5-6-13-10(12(11)15-8)4-3-7-17-9(2)16/h5-6H,3-4,7H2,1-2H3,(H,14,15). The molecule has 0 atom stereocenters. The number of hydrogen-bond acceptors (Lipinski definition) is 4. The van der Waals surface area contributed by atoms with Crippen molar-refractivity contribution in [2.45, 2.75) is 26.7 Å². The van der Waals surface area contributed by atoms with E-state index in [-0.39, 0.29) is 5.97 Å². The van der Waals surface area contributed by atoms with Crippen LogP contribution in [0.2, 0.25) is 0 Å². The van der Waals surface area contributed by atoms with Crippen LogP contribution in [0.3, 0.4) is 0 Å². The number of esters is 1. The average molecular weight is 233 g/mol. The Hall–Kier alpha value is -1.91. The third-order valence-electron chi connectivity index (χ3n) is 2.46. The Balaban J connectivity index is 2.05. The first-order valence-electron chi connectivity index (χ1n) is 5.60. The van der Waals surface area contributed by atoms with Crippen molar-refractivity contribution in [1.29, 1.82) is 0 Å². The predicted molar refractivity (Wildman–Crippen MR) is 63.6 cm³/mol. The van der Waals surface area contributed by atoms with E-state index < -0.39 is 0 Å². The fraction of sp³-hybridized carbons (Fsp3) is 0.417. The number of H-pyrrole nitrogens is 1. The molecule has 0 aromatic carbocycles. The molecule has 0 amide bonds. The lowest BCUT2D eigenvalue weighted by Gasteiger charge is -2.02. The molecule has 0 saturated heterocycles. The van der Waals surface area contributed by atoms with Gasteiger partial charge in [0.1, 0.15) is 11.3 Å². The van der Waals surface area contributed by atoms with Crippen molar-refractivity contribution in [3.63, 3.8) is 0 Å². The fourth-order valence-corrected chi connectivity index (χ4v) is 1.75. The monoisotopic (exact) mass is 233 g/mol. The van der Waals surface area contributed by atoms with Crippen LogP contribution < -0.4 is 0 Å². The number of imidazole rings is 1. The summed E-state index contributed by atoms with van der Waals surface area (Å²) in [5.74, 6) is 0.640. The minimum atomic E-state index is -0.244. The number of fused-ring (bicyclic) bond motifs is 1. The number of nitrogens with zero attached hydrogens (tertiary/aromatic N) is 2. The number of nitrogens with one attached hydrogen (secondary N) is 1. The van der Waals surface area contributed by atoms with Crippen molar-refractivity contribution < 1.29 is 9.53 Å². The number of hydrogen-bond donors (Lipinski definition) is 1. The van der Waals surface area contributed by atoms with Crippen molar-refractivity contribution >= 4 is 17.0 Å². The number of carbonyl (C=O) groups is 1. The maximum atomic E-state index is 10.6. The molecular weight excluding hydrogens is 218 g/mol. The van der Waals surface area contributed by atoms with E-state index in [2.05, 4.69) is 15.0 Å². The molecule has 0 radical (unpaired) electrons. The smallest absolute Gasteiger partial charge is 0.302 e. The molecule has 90 valence electrons. The van der Waals surface area contributed by atoms with Crippen LogP contribution in [0.4, 0.5) is 0 Å². The molecule has 5 nitrogen and oxygen atoms in total. The first kappa shape index (κ1) is 11.6. The highest BCUT2D eigenvalue weighted by molar-refractivity contribution is 5.77. The SMILES string of the molecule is CC(=O)OCCCc1nccc2[nH]c(C)nc12. The summed E-state index contributed by atoms with van der Waals surface area (Å²) in [5, 5.41) is 0. The Labute approximate surface area is 99.2 Å². The quantitative estimate of drug-likeness (QED) is 0.645. The molecule has 0 bridgehead atoms. The summed E-state index contributed by atoms with van der Waals surface area (Å²) in [4.78, 5) is 22.5. The van der Waals surface area contributed by atoms with Gasteiger partial charge in [0.2, 0.25) is 0 Å². The van der Waals surface area contributed by atoms with Gasteiger partial charge in [-0.15, -0.1) is 0 Å². The van der Waals surface area contributed by atoms with E-state index in [0.717, 1.165) is 35.4 Å². The van der Waals surface area contributed by atoms with Gasteiger partial charge in [0.15, 0.2) is 0 Å². The minimum Gasteiger partial charge on any atom is -0.466 e. The van der Waals surface area contributed by atoms with E-state index in [1.807, 2.05) is 13.0 Å². The second-order valence-corrected chi connectivity index (χ2v) is 3.92. The van der Waals surface area contributed by atoms with E-state index >= 15 is 0 Å². The first-order chi connectivity index (χ1) is 8.16. The number of pyridine rings is 1. The molecule has 2 rings (SSSR count). The number of aromatic amines is 1. The van der Waals surface area contributed by atoms with Crippen molar-refractivity contribution in [2.24, 2.45) is 0 Å². The minimum absolute atomic E-state index is 0.244. The van der Waals surface area contributed by atoms with Crippen LogP contribution in [0.15, 0.2) is 12.3 Å². The van der Waals surface area contributed by atoms with Crippen LogP contribution in [0.5, 0.6) is 0 Å². The van der Waals surface area contributed by atoms with E-state index in [9.17, 15) is 4.79 Å². The molecule has 5 heteroatoms. The molecule has 0 fully saturated rings. The second kappa shape index (κ2) is 4.95. The Bertz CT molecular complexity index is 534. The summed E-state index contributed by atoms with van der Waals surface area (Å²) >= 11 is 0. The van der Waals surface area contributed by atoms with Crippen molar-refractivity contribution in [1.82, 2.24) is 15.0 Å². The Morgan fingerprint density at radius 3 is 3.12 bits per heavy atom. The number of aryl methyl sites for hydroxylation is 2. The molecule has 0 saturated carbocycles. The molecule has 0 unspecified atom stereocenters. The number of ether oxygens (including phenoxy) is 1. The van der Waals surface area contributed by atoms with Gasteiger partial charge in [-0.2, -0.15) is 0 Å². The van der Waals surface area contributed by atoms with Crippen LogP contribution in [0.25, 0.3) is 11.0 Å². The van der Waals surface area contributed by atoms with Gasteiger partial charge in [0.05, 0.1) is 17.8 Å². The average Bonchev–Trinajstić information content (AvgIpc) is 2.65. The molecule has 0 aliphatic heterocycles. The van der Waals surface area contributed by atoms with Crippen molar-refractivity contribution in [2.75, 3.05) is 6.61 Å². The zero-order chi connectivity index (χ0) is 12.3. The van der Waals surface area contributed by atoms with Crippen LogP contribution in [0.1, 0.15) is 24.9 Å². The summed E-state index contributed by atoms with van der Waals surface area (Å²) in [6, 6.07) is 1.91. The van der Waals surface area contributed by atoms with Gasteiger partial charge in [0.25, 0.3) is 0 Å². The Kier molecular flexibility index (Phi) is 3.37. The van der Waals surface area contributed by atoms with Crippen molar-refractivity contribution in [3.8, 4) is 0 Å². The molecule has 17 heavy (non-hydrogen) atoms. The normalized spacial score (nSPS) is 10.7.